The minimum atomic E-state index is -0.107. The molecule has 0 amide bonds. The van der Waals surface area contributed by atoms with Gasteiger partial charge in [-0.25, -0.2) is 0 Å². The highest BCUT2D eigenvalue weighted by atomic mass is 16.4. The summed E-state index contributed by atoms with van der Waals surface area (Å²) in [5.41, 5.74) is 1.50. The van der Waals surface area contributed by atoms with Crippen molar-refractivity contribution in [1.82, 2.24) is 9.97 Å². The lowest BCUT2D eigenvalue weighted by Crippen LogP contribution is -2.22. The smallest absolute Gasteiger partial charge is 0.297 e. The summed E-state index contributed by atoms with van der Waals surface area (Å²) in [6.07, 6.45) is 3.23. The van der Waals surface area contributed by atoms with Crippen LogP contribution in [0.15, 0.2) is 35.1 Å². The summed E-state index contributed by atoms with van der Waals surface area (Å²) in [5, 5.41) is 8.94. The van der Waals surface area contributed by atoms with E-state index in [0.717, 1.165) is 12.2 Å². The summed E-state index contributed by atoms with van der Waals surface area (Å²) in [6.45, 7) is 3.32. The van der Waals surface area contributed by atoms with Crippen molar-refractivity contribution in [2.75, 3.05) is 11.4 Å². The van der Waals surface area contributed by atoms with Crippen LogP contribution in [0.4, 0.5) is 6.01 Å². The fourth-order valence-corrected chi connectivity index (χ4v) is 1.52. The molecule has 2 heterocycles. The molecule has 0 saturated carbocycles. The number of oxazole rings is 1. The number of aliphatic hydroxyl groups is 1. The lowest BCUT2D eigenvalue weighted by molar-refractivity contribution is 0.276. The Morgan fingerprint density at radius 1 is 1.35 bits per heavy atom. The predicted molar refractivity (Wildman–Crippen MR) is 63.4 cm³/mol. The molecular weight excluding hydrogens is 218 g/mol. The molecular formula is C12H15N3O2. The highest BCUT2D eigenvalue weighted by Crippen LogP contribution is 2.15. The summed E-state index contributed by atoms with van der Waals surface area (Å²) in [4.78, 5) is 10.4. The van der Waals surface area contributed by atoms with E-state index in [1.165, 1.54) is 6.26 Å². The molecule has 17 heavy (non-hydrogen) atoms. The molecule has 0 fully saturated rings. The van der Waals surface area contributed by atoms with Gasteiger partial charge in [-0.05, 0) is 19.1 Å². The number of nitrogens with zero attached hydrogens (tertiary/aromatic N) is 3. The molecule has 0 aliphatic rings. The van der Waals surface area contributed by atoms with Crippen LogP contribution in [-0.4, -0.2) is 21.6 Å². The molecule has 0 radical (unpaired) electrons. The lowest BCUT2D eigenvalue weighted by Gasteiger charge is -2.17. The number of aromatic nitrogens is 2. The van der Waals surface area contributed by atoms with E-state index in [0.29, 0.717) is 18.3 Å². The SMILES string of the molecule is CCN(Cc1ccccn1)c1nc(CO)co1. The van der Waals surface area contributed by atoms with Crippen molar-refractivity contribution in [2.45, 2.75) is 20.1 Å². The van der Waals surface area contributed by atoms with Gasteiger partial charge in [0.2, 0.25) is 0 Å². The third kappa shape index (κ3) is 2.82. The van der Waals surface area contributed by atoms with Gasteiger partial charge in [0.1, 0.15) is 12.0 Å². The average Bonchev–Trinajstić information content (AvgIpc) is 2.86. The standard InChI is InChI=1S/C12H15N3O2/c1-2-15(7-10-5-3-4-6-13-10)12-14-11(8-16)9-17-12/h3-6,9,16H,2,7-8H2,1H3. The van der Waals surface area contributed by atoms with Crippen LogP contribution in [0, 0.1) is 0 Å². The first kappa shape index (κ1) is 11.6. The monoisotopic (exact) mass is 233 g/mol. The second kappa shape index (κ2) is 5.45. The highest BCUT2D eigenvalue weighted by molar-refractivity contribution is 5.28. The van der Waals surface area contributed by atoms with Gasteiger partial charge >= 0.3 is 0 Å². The molecule has 5 heteroatoms. The molecule has 0 spiro atoms. The Kier molecular flexibility index (Phi) is 3.72. The summed E-state index contributed by atoms with van der Waals surface area (Å²) in [5.74, 6) is 0. The first-order valence-electron chi connectivity index (χ1n) is 5.53. The lowest BCUT2D eigenvalue weighted by atomic mass is 10.3. The number of aliphatic hydroxyl groups excluding tert-OH is 1. The van der Waals surface area contributed by atoms with Crippen LogP contribution in [0.2, 0.25) is 0 Å². The molecule has 2 aromatic heterocycles. The van der Waals surface area contributed by atoms with Crippen molar-refractivity contribution in [3.63, 3.8) is 0 Å². The van der Waals surface area contributed by atoms with Gasteiger partial charge in [0.25, 0.3) is 6.01 Å². The molecule has 1 N–H and O–H groups in total. The maximum absolute atomic E-state index is 8.94. The molecule has 0 aliphatic heterocycles. The Morgan fingerprint density at radius 2 is 2.24 bits per heavy atom. The van der Waals surface area contributed by atoms with E-state index in [-0.39, 0.29) is 6.61 Å². The molecule has 0 atom stereocenters. The van der Waals surface area contributed by atoms with Gasteiger partial charge in [-0.2, -0.15) is 4.98 Å². The minimum Gasteiger partial charge on any atom is -0.432 e. The van der Waals surface area contributed by atoms with Crippen LogP contribution in [-0.2, 0) is 13.2 Å². The van der Waals surface area contributed by atoms with E-state index in [1.54, 1.807) is 6.20 Å². The third-order valence-electron chi connectivity index (χ3n) is 2.43. The average molecular weight is 233 g/mol. The van der Waals surface area contributed by atoms with E-state index in [1.807, 2.05) is 30.0 Å². The van der Waals surface area contributed by atoms with Gasteiger partial charge in [-0.15, -0.1) is 0 Å². The first-order valence-corrected chi connectivity index (χ1v) is 5.53. The first-order chi connectivity index (χ1) is 8.33. The summed E-state index contributed by atoms with van der Waals surface area (Å²) in [7, 11) is 0. The third-order valence-corrected chi connectivity index (χ3v) is 2.43. The van der Waals surface area contributed by atoms with Gasteiger partial charge in [0.15, 0.2) is 0 Å². The fraction of sp³-hybridized carbons (Fsp3) is 0.333. The van der Waals surface area contributed by atoms with Gasteiger partial charge in [0.05, 0.1) is 18.8 Å². The normalized spacial score (nSPS) is 10.5. The van der Waals surface area contributed by atoms with E-state index in [2.05, 4.69) is 9.97 Å². The molecule has 5 nitrogen and oxygen atoms in total. The predicted octanol–water partition coefficient (Wildman–Crippen LogP) is 1.59. The van der Waals surface area contributed by atoms with Gasteiger partial charge < -0.3 is 14.4 Å². The number of rotatable bonds is 5. The Hall–Kier alpha value is -1.88. The number of hydrogen-bond acceptors (Lipinski definition) is 5. The molecule has 90 valence electrons. The molecule has 0 bridgehead atoms. The molecule has 0 unspecified atom stereocenters. The maximum atomic E-state index is 8.94. The zero-order valence-electron chi connectivity index (χ0n) is 9.71. The largest absolute Gasteiger partial charge is 0.432 e. The summed E-state index contributed by atoms with van der Waals surface area (Å²) >= 11 is 0. The zero-order valence-corrected chi connectivity index (χ0v) is 9.71. The highest BCUT2D eigenvalue weighted by Gasteiger charge is 2.12. The number of anilines is 1. The van der Waals surface area contributed by atoms with Crippen molar-refractivity contribution in [2.24, 2.45) is 0 Å². The van der Waals surface area contributed by atoms with Crippen LogP contribution < -0.4 is 4.90 Å². The van der Waals surface area contributed by atoms with Crippen LogP contribution in [0.25, 0.3) is 0 Å². The number of hydrogen-bond donors (Lipinski definition) is 1. The van der Waals surface area contributed by atoms with E-state index in [9.17, 15) is 0 Å². The molecule has 2 rings (SSSR count). The zero-order chi connectivity index (χ0) is 12.1. The Bertz CT molecular complexity index is 456. The van der Waals surface area contributed by atoms with Crippen molar-refractivity contribution in [3.8, 4) is 0 Å². The fourth-order valence-electron chi connectivity index (χ4n) is 1.52. The summed E-state index contributed by atoms with van der Waals surface area (Å²) < 4.78 is 5.31. The van der Waals surface area contributed by atoms with Gasteiger partial charge in [-0.3, -0.25) is 4.98 Å². The van der Waals surface area contributed by atoms with Crippen LogP contribution in [0.5, 0.6) is 0 Å². The van der Waals surface area contributed by atoms with Gasteiger partial charge in [-0.1, -0.05) is 6.07 Å². The topological polar surface area (TPSA) is 62.4 Å². The quantitative estimate of drug-likeness (QED) is 0.849. The second-order valence-corrected chi connectivity index (χ2v) is 3.61. The molecule has 0 aliphatic carbocycles. The van der Waals surface area contributed by atoms with E-state index in [4.69, 9.17) is 9.52 Å². The second-order valence-electron chi connectivity index (χ2n) is 3.61. The minimum absolute atomic E-state index is 0.107. The summed E-state index contributed by atoms with van der Waals surface area (Å²) in [6, 6.07) is 6.31. The van der Waals surface area contributed by atoms with Crippen LogP contribution in [0.3, 0.4) is 0 Å². The van der Waals surface area contributed by atoms with Crippen LogP contribution in [0.1, 0.15) is 18.3 Å². The molecule has 2 aromatic rings. The number of pyridine rings is 1. The van der Waals surface area contributed by atoms with Crippen LogP contribution >= 0.6 is 0 Å². The van der Waals surface area contributed by atoms with Crippen molar-refractivity contribution < 1.29 is 9.52 Å². The van der Waals surface area contributed by atoms with E-state index < -0.39 is 0 Å². The van der Waals surface area contributed by atoms with Gasteiger partial charge in [0, 0.05) is 12.7 Å². The van der Waals surface area contributed by atoms with Crippen molar-refractivity contribution >= 4 is 6.01 Å². The Labute approximate surface area is 99.7 Å². The molecule has 0 saturated heterocycles. The Morgan fingerprint density at radius 3 is 2.82 bits per heavy atom. The van der Waals surface area contributed by atoms with Crippen molar-refractivity contribution in [3.05, 3.63) is 42.0 Å². The van der Waals surface area contributed by atoms with Crippen molar-refractivity contribution in [1.29, 1.82) is 0 Å². The van der Waals surface area contributed by atoms with E-state index >= 15 is 0 Å². The maximum Gasteiger partial charge on any atom is 0.297 e. The molecule has 0 aromatic carbocycles. The Balaban J connectivity index is 2.11.